The summed E-state index contributed by atoms with van der Waals surface area (Å²) in [5.74, 6) is 0.502. The smallest absolute Gasteiger partial charge is 0.309 e. The average Bonchev–Trinajstić information content (AvgIpc) is 2.39. The lowest BCUT2D eigenvalue weighted by Crippen LogP contribution is -2.30. The fraction of sp³-hybridized carbons (Fsp3) is 0.533. The van der Waals surface area contributed by atoms with Crippen molar-refractivity contribution in [3.63, 3.8) is 0 Å². The van der Waals surface area contributed by atoms with E-state index in [1.165, 1.54) is 0 Å². The second kappa shape index (κ2) is 5.01. The molecule has 98 valence electrons. The number of ether oxygens (including phenoxy) is 1. The van der Waals surface area contributed by atoms with Crippen molar-refractivity contribution in [3.8, 4) is 5.75 Å². The third kappa shape index (κ3) is 2.35. The average molecular weight is 248 g/mol. The number of hydrogen-bond donors (Lipinski definition) is 1. The normalized spacial score (nSPS) is 21.6. The lowest BCUT2D eigenvalue weighted by molar-refractivity contribution is -0.149. The van der Waals surface area contributed by atoms with E-state index in [1.807, 2.05) is 32.0 Å². The molecule has 0 saturated carbocycles. The molecule has 0 radical (unpaired) electrons. The van der Waals surface area contributed by atoms with E-state index in [1.54, 1.807) is 0 Å². The molecule has 0 aromatic heterocycles. The maximum absolute atomic E-state index is 11.4. The quantitative estimate of drug-likeness (QED) is 0.887. The monoisotopic (exact) mass is 248 g/mol. The van der Waals surface area contributed by atoms with Crippen LogP contribution < -0.4 is 4.74 Å². The van der Waals surface area contributed by atoms with Crippen LogP contribution in [0.4, 0.5) is 0 Å². The Hall–Kier alpha value is -1.51. The molecule has 0 aliphatic carbocycles. The zero-order valence-corrected chi connectivity index (χ0v) is 11.0. The van der Waals surface area contributed by atoms with Gasteiger partial charge in [-0.15, -0.1) is 0 Å². The van der Waals surface area contributed by atoms with E-state index >= 15 is 0 Å². The van der Waals surface area contributed by atoms with E-state index in [0.717, 1.165) is 17.7 Å². The Morgan fingerprint density at radius 3 is 2.89 bits per heavy atom. The molecule has 1 aliphatic rings. The van der Waals surface area contributed by atoms with Gasteiger partial charge in [0, 0.05) is 0 Å². The molecular formula is C15H20O3. The van der Waals surface area contributed by atoms with Gasteiger partial charge in [-0.3, -0.25) is 4.79 Å². The van der Waals surface area contributed by atoms with Crippen LogP contribution in [0.1, 0.15) is 44.6 Å². The number of hydrogen-bond acceptors (Lipinski definition) is 2. The van der Waals surface area contributed by atoms with Crippen LogP contribution in [-0.2, 0) is 4.79 Å². The Balaban J connectivity index is 2.23. The summed E-state index contributed by atoms with van der Waals surface area (Å²) in [4.78, 5) is 11.4. The Kier molecular flexibility index (Phi) is 3.60. The van der Waals surface area contributed by atoms with Crippen molar-refractivity contribution in [3.05, 3.63) is 29.8 Å². The van der Waals surface area contributed by atoms with Crippen molar-refractivity contribution in [2.75, 3.05) is 6.61 Å². The molecule has 3 heteroatoms. The molecule has 2 unspecified atom stereocenters. The van der Waals surface area contributed by atoms with Gasteiger partial charge in [-0.2, -0.15) is 0 Å². The molecule has 1 heterocycles. The molecule has 1 aromatic carbocycles. The number of fused-ring (bicyclic) bond motifs is 1. The van der Waals surface area contributed by atoms with Gasteiger partial charge in [-0.25, -0.2) is 0 Å². The van der Waals surface area contributed by atoms with Gasteiger partial charge in [-0.1, -0.05) is 25.1 Å². The minimum absolute atomic E-state index is 0.288. The molecule has 2 atom stereocenters. The summed E-state index contributed by atoms with van der Waals surface area (Å²) in [6.45, 7) is 4.47. The van der Waals surface area contributed by atoms with E-state index in [-0.39, 0.29) is 5.92 Å². The van der Waals surface area contributed by atoms with Crippen LogP contribution in [0, 0.1) is 5.41 Å². The Labute approximate surface area is 108 Å². The summed E-state index contributed by atoms with van der Waals surface area (Å²) in [5, 5.41) is 9.38. The number of carboxylic acid groups (broad SMARTS) is 1. The zero-order valence-electron chi connectivity index (χ0n) is 11.0. The largest absolute Gasteiger partial charge is 0.493 e. The first-order chi connectivity index (χ1) is 8.57. The first kappa shape index (κ1) is 12.9. The predicted octanol–water partition coefficient (Wildman–Crippen LogP) is 3.44. The van der Waals surface area contributed by atoms with Crippen LogP contribution >= 0.6 is 0 Å². The summed E-state index contributed by atoms with van der Waals surface area (Å²) >= 11 is 0. The standard InChI is InChI=1S/C15H20O3/c1-3-15(2,14(16)17)10-11-8-9-18-13-7-5-4-6-12(11)13/h4-7,11H,3,8-10H2,1-2H3,(H,16,17). The molecule has 0 spiro atoms. The molecule has 1 N–H and O–H groups in total. The number of benzene rings is 1. The van der Waals surface area contributed by atoms with Crippen LogP contribution in [0.3, 0.4) is 0 Å². The topological polar surface area (TPSA) is 46.5 Å². The number of carbonyl (C=O) groups is 1. The van der Waals surface area contributed by atoms with Crippen LogP contribution in [0.15, 0.2) is 24.3 Å². The van der Waals surface area contributed by atoms with Crippen LogP contribution in [0.25, 0.3) is 0 Å². The van der Waals surface area contributed by atoms with E-state index < -0.39 is 11.4 Å². The minimum Gasteiger partial charge on any atom is -0.493 e. The minimum atomic E-state index is -0.700. The van der Waals surface area contributed by atoms with Crippen molar-refractivity contribution in [1.29, 1.82) is 0 Å². The van der Waals surface area contributed by atoms with Gasteiger partial charge in [0.05, 0.1) is 12.0 Å². The van der Waals surface area contributed by atoms with Gasteiger partial charge >= 0.3 is 5.97 Å². The van der Waals surface area contributed by atoms with Gasteiger partial charge in [0.2, 0.25) is 0 Å². The third-order valence-electron chi connectivity index (χ3n) is 4.08. The highest BCUT2D eigenvalue weighted by Crippen LogP contribution is 2.42. The first-order valence-electron chi connectivity index (χ1n) is 6.52. The molecule has 2 rings (SSSR count). The van der Waals surface area contributed by atoms with E-state index in [2.05, 4.69) is 6.07 Å². The maximum Gasteiger partial charge on any atom is 0.309 e. The molecule has 0 fully saturated rings. The molecule has 0 bridgehead atoms. The fourth-order valence-corrected chi connectivity index (χ4v) is 2.55. The summed E-state index contributed by atoms with van der Waals surface area (Å²) < 4.78 is 5.61. The first-order valence-corrected chi connectivity index (χ1v) is 6.52. The highest BCUT2D eigenvalue weighted by molar-refractivity contribution is 5.74. The molecule has 0 amide bonds. The summed E-state index contributed by atoms with van der Waals surface area (Å²) in [7, 11) is 0. The van der Waals surface area contributed by atoms with E-state index in [0.29, 0.717) is 19.4 Å². The van der Waals surface area contributed by atoms with Crippen molar-refractivity contribution in [1.82, 2.24) is 0 Å². The lowest BCUT2D eigenvalue weighted by Gasteiger charge is -2.32. The van der Waals surface area contributed by atoms with Crippen molar-refractivity contribution in [2.45, 2.75) is 39.0 Å². The van der Waals surface area contributed by atoms with Crippen molar-refractivity contribution < 1.29 is 14.6 Å². The summed E-state index contributed by atoms with van der Waals surface area (Å²) in [6, 6.07) is 7.96. The Bertz CT molecular complexity index is 441. The SMILES string of the molecule is CCC(C)(CC1CCOc2ccccc21)C(=O)O. The summed E-state index contributed by atoms with van der Waals surface area (Å²) in [5.41, 5.74) is 0.513. The van der Waals surface area contributed by atoms with E-state index in [9.17, 15) is 9.90 Å². The molecular weight excluding hydrogens is 228 g/mol. The Morgan fingerprint density at radius 1 is 1.50 bits per heavy atom. The molecule has 0 saturated heterocycles. The molecule has 3 nitrogen and oxygen atoms in total. The van der Waals surface area contributed by atoms with Crippen LogP contribution in [-0.4, -0.2) is 17.7 Å². The van der Waals surface area contributed by atoms with Crippen LogP contribution in [0.5, 0.6) is 5.75 Å². The predicted molar refractivity (Wildman–Crippen MR) is 69.9 cm³/mol. The Morgan fingerprint density at radius 2 is 2.22 bits per heavy atom. The highest BCUT2D eigenvalue weighted by Gasteiger charge is 2.36. The third-order valence-corrected chi connectivity index (χ3v) is 4.08. The zero-order chi connectivity index (χ0) is 13.2. The van der Waals surface area contributed by atoms with Gasteiger partial charge in [-0.05, 0) is 43.7 Å². The van der Waals surface area contributed by atoms with Crippen molar-refractivity contribution >= 4 is 5.97 Å². The van der Waals surface area contributed by atoms with Crippen LogP contribution in [0.2, 0.25) is 0 Å². The highest BCUT2D eigenvalue weighted by atomic mass is 16.5. The summed E-state index contributed by atoms with van der Waals surface area (Å²) in [6.07, 6.45) is 2.24. The van der Waals surface area contributed by atoms with E-state index in [4.69, 9.17) is 4.74 Å². The number of aliphatic carboxylic acids is 1. The van der Waals surface area contributed by atoms with Gasteiger partial charge in [0.1, 0.15) is 5.75 Å². The van der Waals surface area contributed by atoms with Gasteiger partial charge in [0.15, 0.2) is 0 Å². The fourth-order valence-electron chi connectivity index (χ4n) is 2.55. The number of para-hydroxylation sites is 1. The molecule has 18 heavy (non-hydrogen) atoms. The molecule has 1 aliphatic heterocycles. The number of rotatable bonds is 4. The molecule has 1 aromatic rings. The number of carboxylic acids is 1. The van der Waals surface area contributed by atoms with Gasteiger partial charge in [0.25, 0.3) is 0 Å². The second-order valence-electron chi connectivity index (χ2n) is 5.30. The lowest BCUT2D eigenvalue weighted by atomic mass is 9.75. The van der Waals surface area contributed by atoms with Gasteiger partial charge < -0.3 is 9.84 Å². The second-order valence-corrected chi connectivity index (χ2v) is 5.30. The maximum atomic E-state index is 11.4. The van der Waals surface area contributed by atoms with Crippen molar-refractivity contribution in [2.24, 2.45) is 5.41 Å².